The van der Waals surface area contributed by atoms with Gasteiger partial charge in [0.2, 0.25) is 15.8 Å². The van der Waals surface area contributed by atoms with Crippen molar-refractivity contribution in [2.24, 2.45) is 0 Å². The van der Waals surface area contributed by atoms with Gasteiger partial charge in [0, 0.05) is 13.1 Å². The number of aliphatic hydroxyl groups excluding tert-OH is 1. The summed E-state index contributed by atoms with van der Waals surface area (Å²) < 4.78 is 100. The SMILES string of the molecule is CCn1cc(O[C@@H]2CN(S(=O)(=O)c3c(F)c(F)c(F)c(F)c3F)C[C@H]2O)cn1. The Labute approximate surface area is 156 Å². The first-order valence-corrected chi connectivity index (χ1v) is 9.40. The number of hydrogen-bond donors (Lipinski definition) is 1. The highest BCUT2D eigenvalue weighted by molar-refractivity contribution is 7.89. The van der Waals surface area contributed by atoms with E-state index in [9.17, 15) is 35.5 Å². The fourth-order valence-electron chi connectivity index (χ4n) is 2.73. The van der Waals surface area contributed by atoms with E-state index in [0.29, 0.717) is 10.8 Å². The number of rotatable bonds is 5. The molecular weight excluding hydrogens is 413 g/mol. The average molecular weight is 427 g/mol. The number of aliphatic hydroxyl groups is 1. The zero-order chi connectivity index (χ0) is 20.8. The molecule has 1 aromatic carbocycles. The zero-order valence-electron chi connectivity index (χ0n) is 14.2. The molecular formula is C15H14F5N3O4S. The first kappa shape index (κ1) is 20.5. The monoisotopic (exact) mass is 427 g/mol. The lowest BCUT2D eigenvalue weighted by Gasteiger charge is -2.18. The first-order valence-electron chi connectivity index (χ1n) is 7.96. The van der Waals surface area contributed by atoms with Gasteiger partial charge in [-0.1, -0.05) is 0 Å². The summed E-state index contributed by atoms with van der Waals surface area (Å²) >= 11 is 0. The molecule has 1 aromatic heterocycles. The lowest BCUT2D eigenvalue weighted by atomic mass is 10.3. The Kier molecular flexibility index (Phi) is 5.34. The number of aromatic nitrogens is 2. The summed E-state index contributed by atoms with van der Waals surface area (Å²) in [7, 11) is -5.14. The Hall–Kier alpha value is -2.25. The molecule has 1 fully saturated rings. The third-order valence-electron chi connectivity index (χ3n) is 4.19. The van der Waals surface area contributed by atoms with Gasteiger partial charge in [0.1, 0.15) is 12.2 Å². The molecule has 0 radical (unpaired) electrons. The van der Waals surface area contributed by atoms with Crippen LogP contribution in [-0.2, 0) is 16.6 Å². The van der Waals surface area contributed by atoms with E-state index in [1.54, 1.807) is 6.92 Å². The molecule has 2 heterocycles. The fourth-order valence-corrected chi connectivity index (χ4v) is 4.31. The molecule has 1 aliphatic rings. The van der Waals surface area contributed by atoms with Crippen molar-refractivity contribution in [1.82, 2.24) is 14.1 Å². The van der Waals surface area contributed by atoms with Crippen LogP contribution >= 0.6 is 0 Å². The minimum Gasteiger partial charge on any atom is -0.483 e. The first-order chi connectivity index (χ1) is 13.1. The molecule has 0 amide bonds. The maximum atomic E-state index is 13.9. The van der Waals surface area contributed by atoms with Crippen LogP contribution in [0.15, 0.2) is 17.3 Å². The summed E-state index contributed by atoms with van der Waals surface area (Å²) in [6, 6.07) is 0. The summed E-state index contributed by atoms with van der Waals surface area (Å²) in [6.45, 7) is 1.10. The van der Waals surface area contributed by atoms with Gasteiger partial charge in [-0.2, -0.15) is 9.40 Å². The molecule has 3 rings (SSSR count). The summed E-state index contributed by atoms with van der Waals surface area (Å²) in [5, 5.41) is 14.0. The van der Waals surface area contributed by atoms with Gasteiger partial charge in [0.15, 0.2) is 33.9 Å². The Balaban J connectivity index is 1.90. The number of halogens is 5. The summed E-state index contributed by atoms with van der Waals surface area (Å²) in [5.74, 6) is -12.0. The number of nitrogens with zero attached hydrogens (tertiary/aromatic N) is 3. The smallest absolute Gasteiger partial charge is 0.249 e. The number of sulfonamides is 1. The lowest BCUT2D eigenvalue weighted by Crippen LogP contribution is -2.33. The normalized spacial score (nSPS) is 20.7. The van der Waals surface area contributed by atoms with Crippen molar-refractivity contribution in [3.8, 4) is 5.75 Å². The quantitative estimate of drug-likeness (QED) is 0.443. The molecule has 0 aliphatic carbocycles. The molecule has 0 bridgehead atoms. The van der Waals surface area contributed by atoms with Crippen molar-refractivity contribution in [3.63, 3.8) is 0 Å². The Morgan fingerprint density at radius 3 is 2.21 bits per heavy atom. The van der Waals surface area contributed by atoms with Gasteiger partial charge in [-0.25, -0.2) is 30.4 Å². The van der Waals surface area contributed by atoms with Gasteiger partial charge < -0.3 is 9.84 Å². The molecule has 0 unspecified atom stereocenters. The van der Waals surface area contributed by atoms with E-state index >= 15 is 0 Å². The molecule has 1 aliphatic heterocycles. The van der Waals surface area contributed by atoms with Gasteiger partial charge in [0.05, 0.1) is 18.9 Å². The van der Waals surface area contributed by atoms with Gasteiger partial charge in [-0.3, -0.25) is 4.68 Å². The van der Waals surface area contributed by atoms with Crippen LogP contribution in [0.2, 0.25) is 0 Å². The predicted molar refractivity (Wildman–Crippen MR) is 83.3 cm³/mol. The van der Waals surface area contributed by atoms with E-state index in [0.717, 1.165) is 0 Å². The van der Waals surface area contributed by atoms with Crippen molar-refractivity contribution >= 4 is 10.0 Å². The maximum Gasteiger partial charge on any atom is 0.249 e. The van der Waals surface area contributed by atoms with Crippen molar-refractivity contribution in [2.45, 2.75) is 30.6 Å². The van der Waals surface area contributed by atoms with Crippen LogP contribution < -0.4 is 4.74 Å². The predicted octanol–water partition coefficient (Wildman–Crippen LogP) is 1.41. The highest BCUT2D eigenvalue weighted by atomic mass is 32.2. The molecule has 2 aromatic rings. The van der Waals surface area contributed by atoms with Crippen molar-refractivity contribution in [2.75, 3.05) is 13.1 Å². The number of benzene rings is 1. The largest absolute Gasteiger partial charge is 0.483 e. The topological polar surface area (TPSA) is 84.7 Å². The highest BCUT2D eigenvalue weighted by Crippen LogP contribution is 2.31. The minimum atomic E-state index is -5.14. The standard InChI is InChI=1S/C15H14F5N3O4S/c1-2-22-4-7(3-21-22)27-9-6-23(5-8(9)24)28(25,26)15-13(19)11(17)10(16)12(18)14(15)20/h3-4,8-9,24H,2,5-6H2,1H3/t8-,9-/m1/s1. The van der Waals surface area contributed by atoms with Crippen LogP contribution in [-0.4, -0.2) is 52.9 Å². The molecule has 0 saturated carbocycles. The van der Waals surface area contributed by atoms with E-state index in [1.165, 1.54) is 17.1 Å². The van der Waals surface area contributed by atoms with Crippen LogP contribution in [0.5, 0.6) is 5.75 Å². The van der Waals surface area contributed by atoms with Gasteiger partial charge in [-0.15, -0.1) is 0 Å². The molecule has 0 spiro atoms. The minimum absolute atomic E-state index is 0.210. The van der Waals surface area contributed by atoms with Crippen LogP contribution in [0.4, 0.5) is 22.0 Å². The molecule has 28 heavy (non-hydrogen) atoms. The van der Waals surface area contributed by atoms with Crippen molar-refractivity contribution in [1.29, 1.82) is 0 Å². The van der Waals surface area contributed by atoms with Crippen LogP contribution in [0.3, 0.4) is 0 Å². The molecule has 13 heteroatoms. The van der Waals surface area contributed by atoms with Crippen LogP contribution in [0.25, 0.3) is 0 Å². The van der Waals surface area contributed by atoms with Gasteiger partial charge in [0.25, 0.3) is 0 Å². The van der Waals surface area contributed by atoms with E-state index in [-0.39, 0.29) is 5.75 Å². The molecule has 2 atom stereocenters. The lowest BCUT2D eigenvalue weighted by molar-refractivity contribution is 0.0736. The summed E-state index contributed by atoms with van der Waals surface area (Å²) in [4.78, 5) is -1.98. The van der Waals surface area contributed by atoms with Crippen molar-refractivity contribution in [3.05, 3.63) is 41.5 Å². The van der Waals surface area contributed by atoms with Crippen molar-refractivity contribution < 1.29 is 40.2 Å². The fraction of sp³-hybridized carbons (Fsp3) is 0.400. The van der Waals surface area contributed by atoms with Gasteiger partial charge >= 0.3 is 0 Å². The molecule has 154 valence electrons. The van der Waals surface area contributed by atoms with Crippen LogP contribution in [0.1, 0.15) is 6.92 Å². The molecule has 1 saturated heterocycles. The van der Waals surface area contributed by atoms with E-state index < -0.39 is 69.3 Å². The van der Waals surface area contributed by atoms with Gasteiger partial charge in [-0.05, 0) is 6.92 Å². The number of ether oxygens (including phenoxy) is 1. The Morgan fingerprint density at radius 1 is 1.11 bits per heavy atom. The molecule has 1 N–H and O–H groups in total. The highest BCUT2D eigenvalue weighted by Gasteiger charge is 2.44. The third-order valence-corrected chi connectivity index (χ3v) is 6.04. The third kappa shape index (κ3) is 3.33. The molecule has 7 nitrogen and oxygen atoms in total. The Bertz CT molecular complexity index is 984. The number of hydrogen-bond acceptors (Lipinski definition) is 5. The maximum absolute atomic E-state index is 13.9. The second kappa shape index (κ2) is 7.29. The van der Waals surface area contributed by atoms with Crippen LogP contribution in [0, 0.1) is 29.1 Å². The Morgan fingerprint density at radius 2 is 1.68 bits per heavy atom. The second-order valence-electron chi connectivity index (χ2n) is 5.98. The number of β-amino-alcohol motifs (C(OH)–C–C–N with tert-alkyl or cyclic N) is 1. The second-order valence-corrected chi connectivity index (χ2v) is 7.85. The zero-order valence-corrected chi connectivity index (χ0v) is 15.1. The average Bonchev–Trinajstić information content (AvgIpc) is 3.25. The summed E-state index contributed by atoms with van der Waals surface area (Å²) in [5.41, 5.74) is 0. The summed E-state index contributed by atoms with van der Waals surface area (Å²) in [6.07, 6.45) is 0.261. The van der Waals surface area contributed by atoms with E-state index in [4.69, 9.17) is 4.74 Å². The number of aryl methyl sites for hydroxylation is 1. The van der Waals surface area contributed by atoms with E-state index in [2.05, 4.69) is 5.10 Å². The van der Waals surface area contributed by atoms with E-state index in [1.807, 2.05) is 0 Å².